The van der Waals surface area contributed by atoms with Gasteiger partial charge in [0.1, 0.15) is 11.7 Å². The van der Waals surface area contributed by atoms with Crippen LogP contribution in [-0.4, -0.2) is 41.8 Å². The molecule has 6 nitrogen and oxygen atoms in total. The summed E-state index contributed by atoms with van der Waals surface area (Å²) in [6, 6.07) is 3.67. The number of hydrogen-bond donors (Lipinski definition) is 1. The van der Waals surface area contributed by atoms with Crippen molar-refractivity contribution in [2.75, 3.05) is 0 Å². The minimum absolute atomic E-state index is 0.0188. The van der Waals surface area contributed by atoms with Crippen LogP contribution in [0.25, 0.3) is 0 Å². The molecule has 160 valence electrons. The lowest BCUT2D eigenvalue weighted by Gasteiger charge is -2.32. The van der Waals surface area contributed by atoms with Crippen LogP contribution >= 0.6 is 0 Å². The Labute approximate surface area is 166 Å². The van der Waals surface area contributed by atoms with Crippen molar-refractivity contribution in [3.8, 4) is 0 Å². The van der Waals surface area contributed by atoms with E-state index in [2.05, 4.69) is 5.32 Å². The summed E-state index contributed by atoms with van der Waals surface area (Å²) in [6.45, 7) is 5.20. The van der Waals surface area contributed by atoms with E-state index in [1.54, 1.807) is 20.8 Å². The van der Waals surface area contributed by atoms with Crippen LogP contribution in [0.15, 0.2) is 24.3 Å². The van der Waals surface area contributed by atoms with E-state index in [-0.39, 0.29) is 5.56 Å². The molecule has 1 amide bonds. The summed E-state index contributed by atoms with van der Waals surface area (Å²) in [7, 11) is 0. The zero-order valence-corrected chi connectivity index (χ0v) is 16.5. The monoisotopic (exact) mass is 415 g/mol. The van der Waals surface area contributed by atoms with Gasteiger partial charge in [-0.2, -0.15) is 13.2 Å². The summed E-state index contributed by atoms with van der Waals surface area (Å²) in [6.07, 6.45) is -3.37. The van der Waals surface area contributed by atoms with E-state index in [1.807, 2.05) is 0 Å². The van der Waals surface area contributed by atoms with Crippen LogP contribution in [0.5, 0.6) is 0 Å². The molecule has 0 aromatic heterocycles. The van der Waals surface area contributed by atoms with Crippen LogP contribution in [-0.2, 0) is 9.47 Å². The van der Waals surface area contributed by atoms with Crippen molar-refractivity contribution in [3.05, 3.63) is 35.4 Å². The number of alkyl halides is 3. The Morgan fingerprint density at radius 1 is 0.966 bits per heavy atom. The second-order valence-corrected chi connectivity index (χ2v) is 7.89. The van der Waals surface area contributed by atoms with Crippen LogP contribution < -0.4 is 5.32 Å². The minimum Gasteiger partial charge on any atom is -0.457 e. The number of ether oxygens (including phenoxy) is 2. The minimum atomic E-state index is -4.98. The smallest absolute Gasteiger partial charge is 0.454 e. The summed E-state index contributed by atoms with van der Waals surface area (Å²) >= 11 is 0. The highest BCUT2D eigenvalue weighted by molar-refractivity contribution is 6.01. The molecule has 1 fully saturated rings. The highest BCUT2D eigenvalue weighted by Gasteiger charge is 2.39. The van der Waals surface area contributed by atoms with Crippen molar-refractivity contribution in [2.24, 2.45) is 0 Å². The first-order chi connectivity index (χ1) is 13.4. The van der Waals surface area contributed by atoms with Crippen molar-refractivity contribution in [2.45, 2.75) is 70.4 Å². The van der Waals surface area contributed by atoms with Crippen LogP contribution in [0.4, 0.5) is 18.0 Å². The maximum Gasteiger partial charge on any atom is 0.454 e. The van der Waals surface area contributed by atoms with Crippen molar-refractivity contribution in [1.29, 1.82) is 0 Å². The van der Waals surface area contributed by atoms with E-state index in [1.165, 1.54) is 0 Å². The predicted octanol–water partition coefficient (Wildman–Crippen LogP) is 4.42. The third-order valence-electron chi connectivity index (χ3n) is 4.30. The molecular formula is C20H24F3NO5. The van der Waals surface area contributed by atoms with Crippen LogP contribution in [0.2, 0.25) is 0 Å². The molecule has 0 bridgehead atoms. The highest BCUT2D eigenvalue weighted by atomic mass is 19.4. The van der Waals surface area contributed by atoms with Crippen molar-refractivity contribution < 1.29 is 37.0 Å². The molecule has 0 aliphatic heterocycles. The third kappa shape index (κ3) is 6.76. The predicted molar refractivity (Wildman–Crippen MR) is 97.7 cm³/mol. The number of carbonyl (C=O) groups excluding carboxylic acids is 3. The van der Waals surface area contributed by atoms with E-state index in [0.29, 0.717) is 12.8 Å². The Balaban J connectivity index is 2.02. The molecule has 0 heterocycles. The molecule has 0 spiro atoms. The molecule has 29 heavy (non-hydrogen) atoms. The molecule has 0 saturated heterocycles. The number of hydrogen-bond acceptors (Lipinski definition) is 5. The Bertz CT molecular complexity index is 753. The number of ketones is 1. The normalized spacial score (nSPS) is 19.9. The van der Waals surface area contributed by atoms with Crippen molar-refractivity contribution in [3.63, 3.8) is 0 Å². The molecule has 0 radical (unpaired) electrons. The lowest BCUT2D eigenvalue weighted by atomic mass is 9.92. The summed E-state index contributed by atoms with van der Waals surface area (Å²) in [5.41, 5.74) is -1.21. The number of amides is 1. The van der Waals surface area contributed by atoms with Gasteiger partial charge >= 0.3 is 18.2 Å². The Morgan fingerprint density at radius 2 is 1.52 bits per heavy atom. The molecule has 2 unspecified atom stereocenters. The van der Waals surface area contributed by atoms with Gasteiger partial charge in [-0.3, -0.25) is 4.79 Å². The maximum atomic E-state index is 12.5. The number of benzene rings is 1. The summed E-state index contributed by atoms with van der Waals surface area (Å²) < 4.78 is 48.1. The first kappa shape index (κ1) is 22.7. The lowest BCUT2D eigenvalue weighted by molar-refractivity contribution is -0.0885. The molecule has 1 aliphatic carbocycles. The van der Waals surface area contributed by atoms with Gasteiger partial charge in [0.2, 0.25) is 0 Å². The molecule has 1 aromatic rings. The van der Waals surface area contributed by atoms with E-state index >= 15 is 0 Å². The lowest BCUT2D eigenvalue weighted by Crippen LogP contribution is -2.48. The van der Waals surface area contributed by atoms with Crippen LogP contribution in [0.3, 0.4) is 0 Å². The van der Waals surface area contributed by atoms with E-state index in [4.69, 9.17) is 9.47 Å². The summed E-state index contributed by atoms with van der Waals surface area (Å²) in [5.74, 6) is -2.72. The Morgan fingerprint density at radius 3 is 2.07 bits per heavy atom. The second-order valence-electron chi connectivity index (χ2n) is 7.89. The largest absolute Gasteiger partial charge is 0.457 e. The van der Waals surface area contributed by atoms with E-state index in [0.717, 1.165) is 37.1 Å². The fraction of sp³-hybridized carbons (Fsp3) is 0.550. The van der Waals surface area contributed by atoms with Gasteiger partial charge < -0.3 is 14.8 Å². The van der Waals surface area contributed by atoms with Gasteiger partial charge in [0.15, 0.2) is 0 Å². The molecule has 1 aliphatic rings. The fourth-order valence-electron chi connectivity index (χ4n) is 2.99. The average Bonchev–Trinajstić information content (AvgIpc) is 2.60. The van der Waals surface area contributed by atoms with Gasteiger partial charge in [-0.05, 0) is 52.2 Å². The number of Topliss-reactive ketones (excluding diaryl/α,β-unsaturated/α-hetero) is 1. The molecular weight excluding hydrogens is 391 g/mol. The standard InChI is InChI=1S/C20H24F3NO5/c1-19(2,3)29-18(27)24-14-6-4-5-7-15(14)28-17(26)13-10-8-12(9-11-13)16(25)20(21,22)23/h8-11,14-15H,4-7H2,1-3H3,(H,24,27). The van der Waals surface area contributed by atoms with Crippen LogP contribution in [0, 0.1) is 0 Å². The van der Waals surface area contributed by atoms with Gasteiger partial charge in [-0.25, -0.2) is 9.59 Å². The van der Waals surface area contributed by atoms with E-state index < -0.39 is 47.3 Å². The maximum absolute atomic E-state index is 12.5. The first-order valence-electron chi connectivity index (χ1n) is 9.29. The molecule has 1 aromatic carbocycles. The van der Waals surface area contributed by atoms with Crippen molar-refractivity contribution >= 4 is 17.8 Å². The fourth-order valence-corrected chi connectivity index (χ4v) is 2.99. The van der Waals surface area contributed by atoms with Gasteiger partial charge in [0.05, 0.1) is 11.6 Å². The van der Waals surface area contributed by atoms with Crippen LogP contribution in [0.1, 0.15) is 67.2 Å². The second kappa shape index (κ2) is 8.84. The van der Waals surface area contributed by atoms with E-state index in [9.17, 15) is 27.6 Å². The summed E-state index contributed by atoms with van der Waals surface area (Å²) in [5, 5.41) is 2.71. The van der Waals surface area contributed by atoms with Gasteiger partial charge in [0.25, 0.3) is 5.78 Å². The molecule has 1 saturated carbocycles. The van der Waals surface area contributed by atoms with Gasteiger partial charge in [-0.15, -0.1) is 0 Å². The Kier molecular flexibility index (Phi) is 6.92. The SMILES string of the molecule is CC(C)(C)OC(=O)NC1CCCCC1OC(=O)c1ccc(C(=O)C(F)(F)F)cc1. The zero-order chi connectivity index (χ0) is 21.8. The average molecular weight is 415 g/mol. The number of nitrogens with one attached hydrogen (secondary N) is 1. The number of alkyl carbamates (subject to hydrolysis) is 1. The molecule has 2 atom stereocenters. The number of rotatable bonds is 4. The Hall–Kier alpha value is -2.58. The topological polar surface area (TPSA) is 81.7 Å². The molecule has 1 N–H and O–H groups in total. The third-order valence-corrected chi connectivity index (χ3v) is 4.30. The zero-order valence-electron chi connectivity index (χ0n) is 16.5. The number of esters is 1. The van der Waals surface area contributed by atoms with Gasteiger partial charge in [0, 0.05) is 5.56 Å². The van der Waals surface area contributed by atoms with Gasteiger partial charge in [-0.1, -0.05) is 18.6 Å². The highest BCUT2D eigenvalue weighted by Crippen LogP contribution is 2.24. The summed E-state index contributed by atoms with van der Waals surface area (Å²) in [4.78, 5) is 35.6. The van der Waals surface area contributed by atoms with Crippen molar-refractivity contribution in [1.82, 2.24) is 5.32 Å². The number of carbonyl (C=O) groups is 3. The first-order valence-corrected chi connectivity index (χ1v) is 9.29. The molecule has 9 heteroatoms. The number of halogens is 3. The quantitative estimate of drug-likeness (QED) is 0.581. The molecule has 2 rings (SSSR count).